The van der Waals surface area contributed by atoms with E-state index >= 15 is 0 Å². The molecule has 0 spiro atoms. The topological polar surface area (TPSA) is 40.6 Å². The highest BCUT2D eigenvalue weighted by atomic mass is 32.2. The fourth-order valence-corrected chi connectivity index (χ4v) is 6.22. The zero-order valence-electron chi connectivity index (χ0n) is 16.4. The molecule has 3 aromatic rings. The second-order valence-electron chi connectivity index (χ2n) is 7.87. The molecule has 2 aliphatic heterocycles. The molecule has 0 aliphatic carbocycles. The lowest BCUT2D eigenvalue weighted by atomic mass is 9.96. The van der Waals surface area contributed by atoms with E-state index in [-0.39, 0.29) is 12.2 Å². The zero-order valence-corrected chi connectivity index (χ0v) is 17.2. The van der Waals surface area contributed by atoms with Crippen molar-refractivity contribution in [1.82, 2.24) is 9.21 Å². The van der Waals surface area contributed by atoms with Crippen molar-refractivity contribution in [2.75, 3.05) is 13.1 Å². The summed E-state index contributed by atoms with van der Waals surface area (Å²) in [4.78, 5) is 2.71. The van der Waals surface area contributed by atoms with Crippen LogP contribution in [0.1, 0.15) is 34.5 Å². The monoisotopic (exact) mass is 404 g/mol. The van der Waals surface area contributed by atoms with Crippen LogP contribution in [-0.4, -0.2) is 30.7 Å². The van der Waals surface area contributed by atoms with Crippen molar-refractivity contribution < 1.29 is 8.42 Å². The minimum absolute atomic E-state index is 0.0507. The molecule has 0 aromatic heterocycles. The highest BCUT2D eigenvalue weighted by molar-refractivity contribution is 7.89. The molecule has 0 N–H and O–H groups in total. The van der Waals surface area contributed by atoms with E-state index in [1.807, 2.05) is 49.4 Å². The molecule has 0 radical (unpaired) electrons. The van der Waals surface area contributed by atoms with Gasteiger partial charge in [-0.2, -0.15) is 4.31 Å². The third kappa shape index (κ3) is 3.10. The van der Waals surface area contributed by atoms with E-state index in [2.05, 4.69) is 29.2 Å². The Hall–Kier alpha value is -2.47. The van der Waals surface area contributed by atoms with E-state index < -0.39 is 10.0 Å². The third-order valence-electron chi connectivity index (χ3n) is 6.12. The van der Waals surface area contributed by atoms with Gasteiger partial charge in [0, 0.05) is 13.1 Å². The molecule has 3 aromatic carbocycles. The number of hydrogen-bond acceptors (Lipinski definition) is 3. The van der Waals surface area contributed by atoms with Crippen molar-refractivity contribution in [2.45, 2.75) is 30.4 Å². The SMILES string of the molecule is Cc1ccc(S(=O)(=O)N2C[C@H](c3ccccc3)N3CCc4ccccc4[C@H]32)cc1. The number of nitrogens with zero attached hydrogens (tertiary/aromatic N) is 2. The van der Waals surface area contributed by atoms with Crippen molar-refractivity contribution in [2.24, 2.45) is 0 Å². The van der Waals surface area contributed by atoms with Crippen LogP contribution in [0.5, 0.6) is 0 Å². The molecular formula is C24H24N2O2S. The van der Waals surface area contributed by atoms with Gasteiger partial charge in [0.05, 0.1) is 10.9 Å². The zero-order chi connectivity index (χ0) is 20.0. The van der Waals surface area contributed by atoms with Crippen LogP contribution in [0.15, 0.2) is 83.8 Å². The summed E-state index contributed by atoms with van der Waals surface area (Å²) in [5.74, 6) is 0. The molecular weight excluding hydrogens is 380 g/mol. The van der Waals surface area contributed by atoms with Crippen LogP contribution in [-0.2, 0) is 16.4 Å². The number of sulfonamides is 1. The maximum absolute atomic E-state index is 13.7. The molecule has 0 bridgehead atoms. The average molecular weight is 405 g/mol. The Morgan fingerprint density at radius 1 is 0.862 bits per heavy atom. The fraction of sp³-hybridized carbons (Fsp3) is 0.250. The van der Waals surface area contributed by atoms with Gasteiger partial charge in [-0.1, -0.05) is 72.3 Å². The normalized spacial score (nSPS) is 22.2. The summed E-state index contributed by atoms with van der Waals surface area (Å²) < 4.78 is 29.1. The highest BCUT2D eigenvalue weighted by Crippen LogP contribution is 2.46. The summed E-state index contributed by atoms with van der Waals surface area (Å²) in [6.45, 7) is 3.27. The summed E-state index contributed by atoms with van der Waals surface area (Å²) in [5.41, 5.74) is 4.56. The molecule has 0 unspecified atom stereocenters. The summed E-state index contributed by atoms with van der Waals surface area (Å²) in [6, 6.07) is 25.7. The van der Waals surface area contributed by atoms with E-state index in [4.69, 9.17) is 0 Å². The molecule has 29 heavy (non-hydrogen) atoms. The fourth-order valence-electron chi connectivity index (χ4n) is 4.63. The molecule has 0 saturated carbocycles. The Kier molecular flexibility index (Phi) is 4.54. The van der Waals surface area contributed by atoms with Crippen LogP contribution in [0.4, 0.5) is 0 Å². The van der Waals surface area contributed by atoms with Crippen molar-refractivity contribution in [3.05, 3.63) is 101 Å². The van der Waals surface area contributed by atoms with E-state index in [0.29, 0.717) is 11.4 Å². The van der Waals surface area contributed by atoms with Crippen LogP contribution in [0.2, 0.25) is 0 Å². The maximum Gasteiger partial charge on any atom is 0.244 e. The van der Waals surface area contributed by atoms with Gasteiger partial charge in [-0.3, -0.25) is 4.90 Å². The van der Waals surface area contributed by atoms with Gasteiger partial charge in [-0.05, 0) is 42.2 Å². The first-order chi connectivity index (χ1) is 14.1. The maximum atomic E-state index is 13.7. The predicted octanol–water partition coefficient (Wildman–Crippen LogP) is 4.30. The van der Waals surface area contributed by atoms with Gasteiger partial charge < -0.3 is 0 Å². The number of benzene rings is 3. The highest BCUT2D eigenvalue weighted by Gasteiger charge is 2.48. The first-order valence-electron chi connectivity index (χ1n) is 10.0. The van der Waals surface area contributed by atoms with Crippen LogP contribution >= 0.6 is 0 Å². The van der Waals surface area contributed by atoms with Crippen molar-refractivity contribution in [1.29, 1.82) is 0 Å². The van der Waals surface area contributed by atoms with Crippen molar-refractivity contribution >= 4 is 10.0 Å². The lowest BCUT2D eigenvalue weighted by Gasteiger charge is -2.37. The molecule has 2 aliphatic rings. The quantitative estimate of drug-likeness (QED) is 0.654. The molecule has 2 heterocycles. The summed E-state index contributed by atoms with van der Waals surface area (Å²) in [6.07, 6.45) is 0.672. The van der Waals surface area contributed by atoms with Gasteiger partial charge in [0.2, 0.25) is 10.0 Å². The lowest BCUT2D eigenvalue weighted by molar-refractivity contribution is 0.150. The van der Waals surface area contributed by atoms with E-state index in [0.717, 1.165) is 24.1 Å². The van der Waals surface area contributed by atoms with Crippen LogP contribution < -0.4 is 0 Å². The van der Waals surface area contributed by atoms with E-state index in [1.54, 1.807) is 16.4 Å². The van der Waals surface area contributed by atoms with Crippen molar-refractivity contribution in [3.63, 3.8) is 0 Å². The number of fused-ring (bicyclic) bond motifs is 3. The second kappa shape index (κ2) is 7.10. The Bertz CT molecular complexity index is 1130. The molecule has 5 heteroatoms. The van der Waals surface area contributed by atoms with Crippen LogP contribution in [0, 0.1) is 6.92 Å². The van der Waals surface area contributed by atoms with E-state index in [9.17, 15) is 8.42 Å². The second-order valence-corrected chi connectivity index (χ2v) is 9.77. The van der Waals surface area contributed by atoms with Gasteiger partial charge in [0.25, 0.3) is 0 Å². The smallest absolute Gasteiger partial charge is 0.244 e. The average Bonchev–Trinajstić information content (AvgIpc) is 3.16. The van der Waals surface area contributed by atoms with Gasteiger partial charge in [-0.15, -0.1) is 0 Å². The van der Waals surface area contributed by atoms with Gasteiger partial charge in [0.1, 0.15) is 6.17 Å². The van der Waals surface area contributed by atoms with Crippen LogP contribution in [0.25, 0.3) is 0 Å². The molecule has 1 saturated heterocycles. The number of hydrogen-bond donors (Lipinski definition) is 0. The Morgan fingerprint density at radius 3 is 2.31 bits per heavy atom. The number of aryl methyl sites for hydroxylation is 1. The molecule has 148 valence electrons. The largest absolute Gasteiger partial charge is 0.274 e. The summed E-state index contributed by atoms with van der Waals surface area (Å²) in [5, 5.41) is 0. The van der Waals surface area contributed by atoms with Gasteiger partial charge >= 0.3 is 0 Å². The van der Waals surface area contributed by atoms with Crippen LogP contribution in [0.3, 0.4) is 0 Å². The van der Waals surface area contributed by atoms with Crippen molar-refractivity contribution in [3.8, 4) is 0 Å². The Labute approximate surface area is 172 Å². The minimum Gasteiger partial charge on any atom is -0.274 e. The first-order valence-corrected chi connectivity index (χ1v) is 11.5. The standard InChI is InChI=1S/C24H24N2O2S/c1-18-11-13-21(14-12-18)29(27,28)26-17-23(20-8-3-2-4-9-20)25-16-15-19-7-5-6-10-22(19)24(25)26/h2-14,23-24H,15-17H2,1H3/t23-,24-/m1/s1. The van der Waals surface area contributed by atoms with Gasteiger partial charge in [-0.25, -0.2) is 8.42 Å². The summed E-state index contributed by atoms with van der Waals surface area (Å²) >= 11 is 0. The van der Waals surface area contributed by atoms with Gasteiger partial charge in [0.15, 0.2) is 0 Å². The Morgan fingerprint density at radius 2 is 1.55 bits per heavy atom. The molecule has 4 nitrogen and oxygen atoms in total. The molecule has 5 rings (SSSR count). The first kappa shape index (κ1) is 18.6. The Balaban J connectivity index is 1.63. The van der Waals surface area contributed by atoms with E-state index in [1.165, 1.54) is 11.1 Å². The minimum atomic E-state index is -3.62. The summed E-state index contributed by atoms with van der Waals surface area (Å²) in [7, 11) is -3.62. The number of rotatable bonds is 3. The molecule has 2 atom stereocenters. The molecule has 1 fully saturated rings. The molecule has 0 amide bonds. The lowest BCUT2D eigenvalue weighted by Crippen LogP contribution is -2.39. The predicted molar refractivity (Wildman–Crippen MR) is 114 cm³/mol. The third-order valence-corrected chi connectivity index (χ3v) is 7.96.